The molecule has 98 valence electrons. The van der Waals surface area contributed by atoms with E-state index in [9.17, 15) is 4.79 Å². The number of nitrogens with one attached hydrogen (secondary N) is 2. The second-order valence-corrected chi connectivity index (χ2v) is 4.31. The molecule has 0 saturated carbocycles. The Labute approximate surface area is 106 Å². The summed E-state index contributed by atoms with van der Waals surface area (Å²) in [5, 5.41) is 0. The molecule has 5 heteroatoms. The van der Waals surface area contributed by atoms with Gasteiger partial charge in [0.15, 0.2) is 11.5 Å². The predicted molar refractivity (Wildman–Crippen MR) is 67.8 cm³/mol. The average molecular weight is 250 g/mol. The standard InChI is InChI=1S/C13H18N2O3/c1-8-6-11-12(18-5-4-17-11)7-10(8)9(2)13(16)15-14-3/h6-7,9,14H,4-5H2,1-3H3,(H,15,16). The van der Waals surface area contributed by atoms with Gasteiger partial charge in [-0.2, -0.15) is 0 Å². The SMILES string of the molecule is CNNC(=O)C(C)c1cc2c(cc1C)OCCO2. The van der Waals surface area contributed by atoms with Crippen molar-refractivity contribution in [1.82, 2.24) is 10.9 Å². The Balaban J connectivity index is 2.30. The van der Waals surface area contributed by atoms with Crippen LogP contribution in [0.25, 0.3) is 0 Å². The number of hydrazine groups is 1. The highest BCUT2D eigenvalue weighted by molar-refractivity contribution is 5.83. The Kier molecular flexibility index (Phi) is 3.72. The van der Waals surface area contributed by atoms with Crippen molar-refractivity contribution in [3.8, 4) is 11.5 Å². The first kappa shape index (κ1) is 12.7. The molecule has 1 heterocycles. The van der Waals surface area contributed by atoms with Crippen molar-refractivity contribution in [2.24, 2.45) is 0 Å². The van der Waals surface area contributed by atoms with Crippen molar-refractivity contribution in [3.05, 3.63) is 23.3 Å². The molecule has 1 aromatic rings. The molecule has 1 amide bonds. The van der Waals surface area contributed by atoms with E-state index in [2.05, 4.69) is 10.9 Å². The van der Waals surface area contributed by atoms with Crippen molar-refractivity contribution < 1.29 is 14.3 Å². The van der Waals surface area contributed by atoms with Gasteiger partial charge < -0.3 is 9.47 Å². The van der Waals surface area contributed by atoms with Crippen LogP contribution >= 0.6 is 0 Å². The molecule has 0 radical (unpaired) electrons. The van der Waals surface area contributed by atoms with Gasteiger partial charge in [0.05, 0.1) is 5.92 Å². The van der Waals surface area contributed by atoms with Gasteiger partial charge in [0.1, 0.15) is 13.2 Å². The fourth-order valence-electron chi connectivity index (χ4n) is 2.05. The smallest absolute Gasteiger partial charge is 0.241 e. The summed E-state index contributed by atoms with van der Waals surface area (Å²) in [5.74, 6) is 1.15. The molecule has 2 rings (SSSR count). The maximum atomic E-state index is 11.8. The van der Waals surface area contributed by atoms with E-state index < -0.39 is 0 Å². The molecule has 0 saturated heterocycles. The zero-order chi connectivity index (χ0) is 13.1. The van der Waals surface area contributed by atoms with Crippen molar-refractivity contribution in [2.75, 3.05) is 20.3 Å². The maximum Gasteiger partial charge on any atom is 0.241 e. The number of carbonyl (C=O) groups excluding carboxylic acids is 1. The molecule has 0 spiro atoms. The number of aryl methyl sites for hydroxylation is 1. The predicted octanol–water partition coefficient (Wildman–Crippen LogP) is 1.12. The van der Waals surface area contributed by atoms with Gasteiger partial charge in [-0.25, -0.2) is 5.43 Å². The summed E-state index contributed by atoms with van der Waals surface area (Å²) in [7, 11) is 1.67. The van der Waals surface area contributed by atoms with Gasteiger partial charge in [0, 0.05) is 7.05 Å². The molecule has 0 aliphatic carbocycles. The minimum Gasteiger partial charge on any atom is -0.486 e. The van der Waals surface area contributed by atoms with Crippen molar-refractivity contribution in [1.29, 1.82) is 0 Å². The van der Waals surface area contributed by atoms with E-state index in [4.69, 9.17) is 9.47 Å². The van der Waals surface area contributed by atoms with Crippen molar-refractivity contribution in [2.45, 2.75) is 19.8 Å². The molecule has 1 aromatic carbocycles. The highest BCUT2D eigenvalue weighted by Crippen LogP contribution is 2.35. The minimum absolute atomic E-state index is 0.0720. The van der Waals surface area contributed by atoms with Crippen LogP contribution < -0.4 is 20.3 Å². The second kappa shape index (κ2) is 5.27. The van der Waals surface area contributed by atoms with Gasteiger partial charge in [-0.15, -0.1) is 0 Å². The zero-order valence-corrected chi connectivity index (χ0v) is 10.9. The Hall–Kier alpha value is -1.75. The van der Waals surface area contributed by atoms with Gasteiger partial charge in [0.2, 0.25) is 5.91 Å². The van der Waals surface area contributed by atoms with Crippen LogP contribution in [-0.2, 0) is 4.79 Å². The fraction of sp³-hybridized carbons (Fsp3) is 0.462. The summed E-state index contributed by atoms with van der Waals surface area (Å²) in [4.78, 5) is 11.8. The summed E-state index contributed by atoms with van der Waals surface area (Å²) in [5.41, 5.74) is 7.21. The van der Waals surface area contributed by atoms with E-state index in [0.717, 1.165) is 16.9 Å². The highest BCUT2D eigenvalue weighted by Gasteiger charge is 2.21. The summed E-state index contributed by atoms with van der Waals surface area (Å²) in [6.45, 7) is 4.95. The molecular weight excluding hydrogens is 232 g/mol. The summed E-state index contributed by atoms with van der Waals surface area (Å²) in [6.07, 6.45) is 0. The van der Waals surface area contributed by atoms with Gasteiger partial charge in [-0.05, 0) is 37.1 Å². The van der Waals surface area contributed by atoms with Gasteiger partial charge in [0.25, 0.3) is 0 Å². The third kappa shape index (κ3) is 2.41. The van der Waals surface area contributed by atoms with E-state index >= 15 is 0 Å². The number of hydrogen-bond donors (Lipinski definition) is 2. The normalized spacial score (nSPS) is 15.1. The lowest BCUT2D eigenvalue weighted by Crippen LogP contribution is -2.37. The van der Waals surface area contributed by atoms with Crippen molar-refractivity contribution >= 4 is 5.91 Å². The van der Waals surface area contributed by atoms with Gasteiger partial charge in [-0.3, -0.25) is 10.2 Å². The molecule has 0 bridgehead atoms. The summed E-state index contributed by atoms with van der Waals surface area (Å²) < 4.78 is 11.0. The number of hydrogen-bond acceptors (Lipinski definition) is 4. The molecule has 1 aliphatic rings. The van der Waals surface area contributed by atoms with Gasteiger partial charge in [-0.1, -0.05) is 0 Å². The van der Waals surface area contributed by atoms with E-state index in [1.807, 2.05) is 26.0 Å². The third-order valence-electron chi connectivity index (χ3n) is 3.04. The molecule has 2 N–H and O–H groups in total. The Morgan fingerprint density at radius 1 is 1.28 bits per heavy atom. The molecule has 0 aromatic heterocycles. The monoisotopic (exact) mass is 250 g/mol. The van der Waals surface area contributed by atoms with Gasteiger partial charge >= 0.3 is 0 Å². The third-order valence-corrected chi connectivity index (χ3v) is 3.04. The molecule has 1 unspecified atom stereocenters. The van der Waals surface area contributed by atoms with Crippen LogP contribution in [0.1, 0.15) is 24.0 Å². The van der Waals surface area contributed by atoms with Crippen LogP contribution in [0.3, 0.4) is 0 Å². The van der Waals surface area contributed by atoms with Crippen LogP contribution in [0.2, 0.25) is 0 Å². The number of amides is 1. The first-order valence-corrected chi connectivity index (χ1v) is 6.00. The Morgan fingerprint density at radius 3 is 2.50 bits per heavy atom. The Bertz CT molecular complexity index is 460. The lowest BCUT2D eigenvalue weighted by atomic mass is 9.95. The van der Waals surface area contributed by atoms with E-state index in [0.29, 0.717) is 19.0 Å². The quantitative estimate of drug-likeness (QED) is 0.789. The van der Waals surface area contributed by atoms with E-state index in [1.54, 1.807) is 7.05 Å². The van der Waals surface area contributed by atoms with Crippen LogP contribution in [0.5, 0.6) is 11.5 Å². The maximum absolute atomic E-state index is 11.8. The first-order valence-electron chi connectivity index (χ1n) is 6.00. The highest BCUT2D eigenvalue weighted by atomic mass is 16.6. The van der Waals surface area contributed by atoms with Crippen LogP contribution in [0, 0.1) is 6.92 Å². The number of ether oxygens (including phenoxy) is 2. The molecule has 5 nitrogen and oxygen atoms in total. The van der Waals surface area contributed by atoms with E-state index in [1.165, 1.54) is 0 Å². The molecule has 1 atom stereocenters. The summed E-state index contributed by atoms with van der Waals surface area (Å²) in [6, 6.07) is 3.82. The number of carbonyl (C=O) groups is 1. The lowest BCUT2D eigenvalue weighted by molar-refractivity contribution is -0.123. The van der Waals surface area contributed by atoms with Crippen LogP contribution in [0.4, 0.5) is 0 Å². The Morgan fingerprint density at radius 2 is 1.89 bits per heavy atom. The molecular formula is C13H18N2O3. The largest absolute Gasteiger partial charge is 0.486 e. The molecule has 18 heavy (non-hydrogen) atoms. The number of benzene rings is 1. The van der Waals surface area contributed by atoms with E-state index in [-0.39, 0.29) is 11.8 Å². The minimum atomic E-state index is -0.242. The lowest BCUT2D eigenvalue weighted by Gasteiger charge is -2.22. The zero-order valence-electron chi connectivity index (χ0n) is 10.9. The molecule has 1 aliphatic heterocycles. The number of fused-ring (bicyclic) bond motifs is 1. The fourth-order valence-corrected chi connectivity index (χ4v) is 2.05. The van der Waals surface area contributed by atoms with Crippen LogP contribution in [0.15, 0.2) is 12.1 Å². The average Bonchev–Trinajstić information content (AvgIpc) is 2.37. The van der Waals surface area contributed by atoms with Crippen LogP contribution in [-0.4, -0.2) is 26.2 Å². The topological polar surface area (TPSA) is 59.6 Å². The number of rotatable bonds is 3. The first-order chi connectivity index (χ1) is 8.63. The summed E-state index contributed by atoms with van der Waals surface area (Å²) >= 11 is 0. The second-order valence-electron chi connectivity index (χ2n) is 4.31. The van der Waals surface area contributed by atoms with Crippen molar-refractivity contribution in [3.63, 3.8) is 0 Å². The molecule has 0 fully saturated rings.